The fourth-order valence-corrected chi connectivity index (χ4v) is 1.72. The van der Waals surface area contributed by atoms with Crippen LogP contribution in [0, 0.1) is 10.1 Å². The highest BCUT2D eigenvalue weighted by Crippen LogP contribution is 2.21. The molecule has 0 N–H and O–H groups in total. The lowest BCUT2D eigenvalue weighted by Gasteiger charge is -2.07. The number of carbonyl (C=O) groups excluding carboxylic acids is 1. The lowest BCUT2D eigenvalue weighted by molar-refractivity contribution is -0.400. The van der Waals surface area contributed by atoms with Gasteiger partial charge in [0.1, 0.15) is 5.75 Å². The number of para-hydroxylation sites is 1. The van der Waals surface area contributed by atoms with Crippen LogP contribution in [0.1, 0.15) is 15.9 Å². The van der Waals surface area contributed by atoms with Crippen LogP contribution in [0.2, 0.25) is 5.02 Å². The van der Waals surface area contributed by atoms with E-state index in [9.17, 15) is 14.9 Å². The van der Waals surface area contributed by atoms with Crippen LogP contribution < -0.4 is 4.74 Å². The van der Waals surface area contributed by atoms with E-state index in [1.165, 1.54) is 6.08 Å². The Balaban J connectivity index is 2.21. The molecular formula is C15H10ClNO4. The average molecular weight is 304 g/mol. The third-order valence-electron chi connectivity index (χ3n) is 2.58. The molecule has 106 valence electrons. The van der Waals surface area contributed by atoms with Crippen molar-refractivity contribution in [3.05, 3.63) is 81.0 Å². The first kappa shape index (κ1) is 14.7. The Kier molecular flexibility index (Phi) is 4.68. The third-order valence-corrected chi connectivity index (χ3v) is 2.83. The van der Waals surface area contributed by atoms with Crippen LogP contribution in [0.4, 0.5) is 0 Å². The van der Waals surface area contributed by atoms with E-state index >= 15 is 0 Å². The van der Waals surface area contributed by atoms with Gasteiger partial charge >= 0.3 is 5.97 Å². The molecule has 0 saturated heterocycles. The summed E-state index contributed by atoms with van der Waals surface area (Å²) >= 11 is 5.75. The van der Waals surface area contributed by atoms with Gasteiger partial charge in [0.2, 0.25) is 6.20 Å². The summed E-state index contributed by atoms with van der Waals surface area (Å²) in [6.07, 6.45) is 2.05. The molecule has 0 heterocycles. The maximum absolute atomic E-state index is 12.0. The molecular weight excluding hydrogens is 294 g/mol. The van der Waals surface area contributed by atoms with Crippen LogP contribution in [0.15, 0.2) is 54.7 Å². The number of ether oxygens (including phenoxy) is 1. The Morgan fingerprint density at radius 2 is 1.81 bits per heavy atom. The highest BCUT2D eigenvalue weighted by Gasteiger charge is 2.10. The number of rotatable bonds is 4. The second-order valence-corrected chi connectivity index (χ2v) is 4.47. The van der Waals surface area contributed by atoms with Gasteiger partial charge in [-0.1, -0.05) is 29.8 Å². The summed E-state index contributed by atoms with van der Waals surface area (Å²) in [4.78, 5) is 21.8. The second kappa shape index (κ2) is 6.67. The monoisotopic (exact) mass is 303 g/mol. The Morgan fingerprint density at radius 1 is 1.14 bits per heavy atom. The zero-order valence-electron chi connectivity index (χ0n) is 10.7. The predicted octanol–water partition coefficient (Wildman–Crippen LogP) is 3.81. The highest BCUT2D eigenvalue weighted by atomic mass is 35.5. The number of nitrogens with zero attached hydrogens (tertiary/aromatic N) is 1. The van der Waals surface area contributed by atoms with Crippen molar-refractivity contribution in [2.24, 2.45) is 0 Å². The lowest BCUT2D eigenvalue weighted by Crippen LogP contribution is -2.09. The van der Waals surface area contributed by atoms with E-state index in [0.29, 0.717) is 16.1 Å². The van der Waals surface area contributed by atoms with Crippen LogP contribution in [-0.4, -0.2) is 10.9 Å². The number of esters is 1. The first-order valence-electron chi connectivity index (χ1n) is 5.95. The average Bonchev–Trinajstić information content (AvgIpc) is 2.47. The van der Waals surface area contributed by atoms with Gasteiger partial charge in [-0.05, 0) is 30.3 Å². The van der Waals surface area contributed by atoms with E-state index in [1.54, 1.807) is 48.5 Å². The summed E-state index contributed by atoms with van der Waals surface area (Å²) in [5, 5.41) is 10.9. The molecule has 2 rings (SSSR count). The zero-order valence-corrected chi connectivity index (χ0v) is 11.5. The Labute approximate surface area is 125 Å². The fourth-order valence-electron chi connectivity index (χ4n) is 1.60. The molecule has 0 atom stereocenters. The SMILES string of the molecule is O=C(Oc1ccccc1C=C[N+](=O)[O-])c1ccc(Cl)cc1. The fraction of sp³-hybridized carbons (Fsp3) is 0. The summed E-state index contributed by atoms with van der Waals surface area (Å²) in [5.41, 5.74) is 0.781. The van der Waals surface area contributed by atoms with Gasteiger partial charge in [-0.2, -0.15) is 0 Å². The smallest absolute Gasteiger partial charge is 0.343 e. The van der Waals surface area contributed by atoms with E-state index in [-0.39, 0.29) is 5.75 Å². The predicted molar refractivity (Wildman–Crippen MR) is 78.9 cm³/mol. The molecule has 0 bridgehead atoms. The molecule has 0 saturated carbocycles. The molecule has 21 heavy (non-hydrogen) atoms. The van der Waals surface area contributed by atoms with Gasteiger partial charge in [0, 0.05) is 16.7 Å². The quantitative estimate of drug-likeness (QED) is 0.373. The van der Waals surface area contributed by atoms with Crippen LogP contribution >= 0.6 is 11.6 Å². The number of benzene rings is 2. The van der Waals surface area contributed by atoms with E-state index in [4.69, 9.17) is 16.3 Å². The molecule has 0 aliphatic heterocycles. The molecule has 0 spiro atoms. The summed E-state index contributed by atoms with van der Waals surface area (Å²) in [6, 6.07) is 12.8. The normalized spacial score (nSPS) is 10.5. The van der Waals surface area contributed by atoms with Crippen molar-refractivity contribution in [1.82, 2.24) is 0 Å². The second-order valence-electron chi connectivity index (χ2n) is 4.04. The molecule has 0 amide bonds. The van der Waals surface area contributed by atoms with Crippen molar-refractivity contribution >= 4 is 23.6 Å². The third kappa shape index (κ3) is 4.15. The largest absolute Gasteiger partial charge is 0.422 e. The number of hydrogen-bond acceptors (Lipinski definition) is 4. The maximum atomic E-state index is 12.0. The Hall–Kier alpha value is -2.66. The van der Waals surface area contributed by atoms with Gasteiger partial charge in [-0.25, -0.2) is 4.79 Å². The van der Waals surface area contributed by atoms with E-state index in [0.717, 1.165) is 6.20 Å². The van der Waals surface area contributed by atoms with Crippen molar-refractivity contribution < 1.29 is 14.5 Å². The van der Waals surface area contributed by atoms with Crippen molar-refractivity contribution in [1.29, 1.82) is 0 Å². The molecule has 6 heteroatoms. The molecule has 0 unspecified atom stereocenters. The highest BCUT2D eigenvalue weighted by molar-refractivity contribution is 6.30. The van der Waals surface area contributed by atoms with Gasteiger partial charge in [-0.15, -0.1) is 0 Å². The minimum atomic E-state index is -0.586. The Morgan fingerprint density at radius 3 is 2.48 bits per heavy atom. The van der Waals surface area contributed by atoms with Crippen molar-refractivity contribution in [2.75, 3.05) is 0 Å². The molecule has 0 aromatic heterocycles. The van der Waals surface area contributed by atoms with Crippen LogP contribution in [0.5, 0.6) is 5.75 Å². The molecule has 0 radical (unpaired) electrons. The standard InChI is InChI=1S/C15H10ClNO4/c16-13-7-5-12(6-8-13)15(18)21-14-4-2-1-3-11(14)9-10-17(19)20/h1-10H. The molecule has 2 aromatic rings. The van der Waals surface area contributed by atoms with Gasteiger partial charge in [0.15, 0.2) is 0 Å². The van der Waals surface area contributed by atoms with Gasteiger partial charge in [0.05, 0.1) is 10.5 Å². The van der Waals surface area contributed by atoms with Crippen LogP contribution in [0.25, 0.3) is 6.08 Å². The lowest BCUT2D eigenvalue weighted by atomic mass is 10.2. The van der Waals surface area contributed by atoms with E-state index in [1.807, 2.05) is 0 Å². The molecule has 0 aliphatic rings. The van der Waals surface area contributed by atoms with Gasteiger partial charge in [0.25, 0.3) is 0 Å². The minimum absolute atomic E-state index is 0.246. The number of hydrogen-bond donors (Lipinski definition) is 0. The summed E-state index contributed by atoms with van der Waals surface area (Å²) in [5.74, 6) is -0.316. The van der Waals surface area contributed by atoms with Gasteiger partial charge < -0.3 is 4.74 Å². The van der Waals surface area contributed by atoms with Crippen molar-refractivity contribution in [2.45, 2.75) is 0 Å². The number of nitro groups is 1. The Bertz CT molecular complexity index is 695. The van der Waals surface area contributed by atoms with Crippen molar-refractivity contribution in [3.63, 3.8) is 0 Å². The summed E-state index contributed by atoms with van der Waals surface area (Å²) < 4.78 is 5.25. The molecule has 2 aromatic carbocycles. The van der Waals surface area contributed by atoms with Crippen LogP contribution in [0.3, 0.4) is 0 Å². The maximum Gasteiger partial charge on any atom is 0.343 e. The van der Waals surface area contributed by atoms with E-state index < -0.39 is 10.9 Å². The molecule has 0 fully saturated rings. The topological polar surface area (TPSA) is 69.4 Å². The van der Waals surface area contributed by atoms with E-state index in [2.05, 4.69) is 0 Å². The minimum Gasteiger partial charge on any atom is -0.422 e. The first-order valence-corrected chi connectivity index (χ1v) is 6.32. The first-order chi connectivity index (χ1) is 10.1. The summed E-state index contributed by atoms with van der Waals surface area (Å²) in [6.45, 7) is 0. The van der Waals surface area contributed by atoms with Crippen LogP contribution in [-0.2, 0) is 0 Å². The van der Waals surface area contributed by atoms with Crippen molar-refractivity contribution in [3.8, 4) is 5.75 Å². The number of carbonyl (C=O) groups is 1. The summed E-state index contributed by atoms with van der Waals surface area (Å²) in [7, 11) is 0. The molecule has 5 nitrogen and oxygen atoms in total. The van der Waals surface area contributed by atoms with Gasteiger partial charge in [-0.3, -0.25) is 10.1 Å². The zero-order chi connectivity index (χ0) is 15.2. The molecule has 0 aliphatic carbocycles. The number of halogens is 1.